The molecule has 0 radical (unpaired) electrons. The fourth-order valence-corrected chi connectivity index (χ4v) is 2.09. The fraction of sp³-hybridized carbons (Fsp3) is 0.231. The summed E-state index contributed by atoms with van der Waals surface area (Å²) in [4.78, 5) is 4.61. The van der Waals surface area contributed by atoms with E-state index in [1.54, 1.807) is 6.20 Å². The quantitative estimate of drug-likeness (QED) is 0.747. The highest BCUT2D eigenvalue weighted by atomic mass is 15.3. The minimum Gasteiger partial charge on any atom is -0.383 e. The number of rotatable bonds is 2. The van der Waals surface area contributed by atoms with Gasteiger partial charge in [-0.05, 0) is 25.5 Å². The predicted molar refractivity (Wildman–Crippen MR) is 71.2 cm³/mol. The number of fused-ring (bicyclic) bond motifs is 1. The topological polar surface area (TPSA) is 61.1 Å². The van der Waals surface area contributed by atoms with Gasteiger partial charge in [0.15, 0.2) is 0 Å². The molecule has 0 fully saturated rings. The van der Waals surface area contributed by atoms with Crippen LogP contribution in [-0.2, 0) is 6.54 Å². The first-order valence-electron chi connectivity index (χ1n) is 5.96. The molecular formula is C13H15N5. The maximum absolute atomic E-state index is 6.15. The van der Waals surface area contributed by atoms with Crippen molar-refractivity contribution >= 4 is 11.5 Å². The van der Waals surface area contributed by atoms with Crippen molar-refractivity contribution in [2.45, 2.75) is 20.4 Å². The summed E-state index contributed by atoms with van der Waals surface area (Å²) in [6, 6.07) is 4.00. The molecule has 3 heterocycles. The lowest BCUT2D eigenvalue weighted by Gasteiger charge is -1.97. The second-order valence-electron chi connectivity index (χ2n) is 4.32. The number of hydrogen-bond acceptors (Lipinski definition) is 3. The van der Waals surface area contributed by atoms with Crippen LogP contribution in [0.25, 0.3) is 16.9 Å². The third-order valence-corrected chi connectivity index (χ3v) is 3.11. The van der Waals surface area contributed by atoms with Gasteiger partial charge in [-0.15, -0.1) is 0 Å². The average Bonchev–Trinajstić information content (AvgIpc) is 2.96. The lowest BCUT2D eigenvalue weighted by molar-refractivity contribution is 0.660. The number of imidazole rings is 1. The van der Waals surface area contributed by atoms with E-state index in [-0.39, 0.29) is 0 Å². The Morgan fingerprint density at radius 2 is 2.22 bits per heavy atom. The van der Waals surface area contributed by atoms with Gasteiger partial charge in [0.2, 0.25) is 0 Å². The largest absolute Gasteiger partial charge is 0.383 e. The van der Waals surface area contributed by atoms with Gasteiger partial charge in [0, 0.05) is 24.5 Å². The van der Waals surface area contributed by atoms with Gasteiger partial charge in [0.05, 0.1) is 6.20 Å². The summed E-state index contributed by atoms with van der Waals surface area (Å²) in [6.45, 7) is 4.92. The number of nitrogens with two attached hydrogens (primary N) is 1. The molecule has 0 saturated heterocycles. The first-order valence-corrected chi connectivity index (χ1v) is 5.96. The highest BCUT2D eigenvalue weighted by molar-refractivity contribution is 5.75. The Kier molecular flexibility index (Phi) is 2.33. The zero-order valence-corrected chi connectivity index (χ0v) is 10.5. The Morgan fingerprint density at radius 1 is 1.39 bits per heavy atom. The lowest BCUT2D eigenvalue weighted by Crippen LogP contribution is -1.94. The van der Waals surface area contributed by atoms with Gasteiger partial charge in [-0.2, -0.15) is 5.10 Å². The molecule has 0 bridgehead atoms. The van der Waals surface area contributed by atoms with Crippen LogP contribution < -0.4 is 5.73 Å². The molecule has 0 unspecified atom stereocenters. The second kappa shape index (κ2) is 3.87. The van der Waals surface area contributed by atoms with Crippen molar-refractivity contribution < 1.29 is 0 Å². The van der Waals surface area contributed by atoms with Crippen molar-refractivity contribution in [3.63, 3.8) is 0 Å². The summed E-state index contributed by atoms with van der Waals surface area (Å²) in [5.41, 5.74) is 9.91. The number of pyridine rings is 1. The van der Waals surface area contributed by atoms with Gasteiger partial charge in [0.1, 0.15) is 17.2 Å². The van der Waals surface area contributed by atoms with Crippen LogP contribution in [-0.4, -0.2) is 19.2 Å². The molecule has 0 saturated carbocycles. The van der Waals surface area contributed by atoms with E-state index >= 15 is 0 Å². The van der Waals surface area contributed by atoms with Crippen LogP contribution in [0.15, 0.2) is 30.7 Å². The molecule has 3 aromatic rings. The van der Waals surface area contributed by atoms with Crippen molar-refractivity contribution in [1.29, 1.82) is 0 Å². The van der Waals surface area contributed by atoms with Crippen molar-refractivity contribution in [1.82, 2.24) is 19.2 Å². The molecule has 0 aliphatic heterocycles. The van der Waals surface area contributed by atoms with Gasteiger partial charge in [-0.1, -0.05) is 6.07 Å². The molecule has 0 aromatic carbocycles. The van der Waals surface area contributed by atoms with E-state index in [2.05, 4.69) is 10.1 Å². The minimum atomic E-state index is 0.657. The van der Waals surface area contributed by atoms with Crippen LogP contribution in [0.2, 0.25) is 0 Å². The summed E-state index contributed by atoms with van der Waals surface area (Å²) < 4.78 is 3.78. The van der Waals surface area contributed by atoms with Crippen LogP contribution in [0, 0.1) is 6.92 Å². The zero-order valence-electron chi connectivity index (χ0n) is 10.5. The average molecular weight is 241 g/mol. The molecule has 2 N–H and O–H groups in total. The lowest BCUT2D eigenvalue weighted by atomic mass is 10.2. The standard InChI is InChI=1S/C13H15N5/c1-3-17-8-10(7-15-17)11-12(14)18-6-4-5-9(2)13(18)16-11/h4-8H,3,14H2,1-2H3. The Labute approximate surface area is 105 Å². The van der Waals surface area contributed by atoms with Gasteiger partial charge in [-0.3, -0.25) is 9.08 Å². The number of nitrogen functional groups attached to an aromatic ring is 1. The van der Waals surface area contributed by atoms with Gasteiger partial charge < -0.3 is 5.73 Å². The first kappa shape index (κ1) is 10.8. The van der Waals surface area contributed by atoms with Crippen LogP contribution >= 0.6 is 0 Å². The summed E-state index contributed by atoms with van der Waals surface area (Å²) in [7, 11) is 0. The summed E-state index contributed by atoms with van der Waals surface area (Å²) >= 11 is 0. The monoisotopic (exact) mass is 241 g/mol. The fourth-order valence-electron chi connectivity index (χ4n) is 2.09. The Bertz CT molecular complexity index is 707. The van der Waals surface area contributed by atoms with Gasteiger partial charge >= 0.3 is 0 Å². The molecule has 5 heteroatoms. The molecule has 5 nitrogen and oxygen atoms in total. The number of hydrogen-bond donors (Lipinski definition) is 1. The van der Waals surface area contributed by atoms with Crippen molar-refractivity contribution in [2.75, 3.05) is 5.73 Å². The van der Waals surface area contributed by atoms with Crippen LogP contribution in [0.4, 0.5) is 5.82 Å². The molecule has 0 spiro atoms. The van der Waals surface area contributed by atoms with Crippen LogP contribution in [0.5, 0.6) is 0 Å². The predicted octanol–water partition coefficient (Wildman–Crippen LogP) is 2.11. The number of anilines is 1. The van der Waals surface area contributed by atoms with Crippen LogP contribution in [0.1, 0.15) is 12.5 Å². The number of nitrogens with zero attached hydrogens (tertiary/aromatic N) is 4. The summed E-state index contributed by atoms with van der Waals surface area (Å²) in [5.74, 6) is 0.657. The molecule has 3 aromatic heterocycles. The third-order valence-electron chi connectivity index (χ3n) is 3.11. The van der Waals surface area contributed by atoms with Gasteiger partial charge in [-0.25, -0.2) is 4.98 Å². The number of aryl methyl sites for hydroxylation is 2. The summed E-state index contributed by atoms with van der Waals surface area (Å²) in [6.07, 6.45) is 5.70. The van der Waals surface area contributed by atoms with Crippen molar-refractivity contribution in [3.05, 3.63) is 36.3 Å². The molecular weight excluding hydrogens is 226 g/mol. The normalized spacial score (nSPS) is 11.2. The SMILES string of the molecule is CCn1cc(-c2nc3c(C)cccn3c2N)cn1. The van der Waals surface area contributed by atoms with E-state index in [0.29, 0.717) is 5.82 Å². The molecule has 0 aliphatic rings. The van der Waals surface area contributed by atoms with Gasteiger partial charge in [0.25, 0.3) is 0 Å². The maximum Gasteiger partial charge on any atom is 0.142 e. The third kappa shape index (κ3) is 1.48. The van der Waals surface area contributed by atoms with Crippen LogP contribution in [0.3, 0.4) is 0 Å². The smallest absolute Gasteiger partial charge is 0.142 e. The first-order chi connectivity index (χ1) is 8.70. The molecule has 3 rings (SSSR count). The maximum atomic E-state index is 6.15. The molecule has 92 valence electrons. The van der Waals surface area contributed by atoms with E-state index < -0.39 is 0 Å². The number of aromatic nitrogens is 4. The summed E-state index contributed by atoms with van der Waals surface area (Å²) in [5, 5.41) is 4.26. The highest BCUT2D eigenvalue weighted by Crippen LogP contribution is 2.26. The van der Waals surface area contributed by atoms with Crippen molar-refractivity contribution in [2.24, 2.45) is 0 Å². The van der Waals surface area contributed by atoms with E-state index in [1.165, 1.54) is 0 Å². The molecule has 18 heavy (non-hydrogen) atoms. The van der Waals surface area contributed by atoms with E-state index in [0.717, 1.165) is 29.0 Å². The molecule has 0 amide bonds. The Morgan fingerprint density at radius 3 is 2.89 bits per heavy atom. The highest BCUT2D eigenvalue weighted by Gasteiger charge is 2.13. The molecule has 0 atom stereocenters. The second-order valence-corrected chi connectivity index (χ2v) is 4.32. The van der Waals surface area contributed by atoms with E-state index in [4.69, 9.17) is 5.73 Å². The minimum absolute atomic E-state index is 0.657. The van der Waals surface area contributed by atoms with Crippen molar-refractivity contribution in [3.8, 4) is 11.3 Å². The Hall–Kier alpha value is -2.30. The van der Waals surface area contributed by atoms with E-state index in [9.17, 15) is 0 Å². The Balaban J connectivity index is 2.23. The zero-order chi connectivity index (χ0) is 12.7. The molecule has 0 aliphatic carbocycles. The van der Waals surface area contributed by atoms with E-state index in [1.807, 2.05) is 47.5 Å².